The van der Waals surface area contributed by atoms with Gasteiger partial charge in [-0.1, -0.05) is 58.7 Å². The van der Waals surface area contributed by atoms with Gasteiger partial charge in [0.2, 0.25) is 11.8 Å². The summed E-state index contributed by atoms with van der Waals surface area (Å²) >= 11 is 3.40. The third-order valence-electron chi connectivity index (χ3n) is 6.23. The zero-order valence-electron chi connectivity index (χ0n) is 22.6. The van der Waals surface area contributed by atoms with Gasteiger partial charge < -0.3 is 15.0 Å². The summed E-state index contributed by atoms with van der Waals surface area (Å²) in [6.07, 6.45) is 0.356. The number of hydrogen-bond acceptors (Lipinski definition) is 5. The van der Waals surface area contributed by atoms with Gasteiger partial charge in [0, 0.05) is 17.6 Å². The number of ether oxygens (including phenoxy) is 1. The Labute approximate surface area is 239 Å². The van der Waals surface area contributed by atoms with Crippen molar-refractivity contribution in [1.29, 1.82) is 0 Å². The van der Waals surface area contributed by atoms with E-state index in [-0.39, 0.29) is 17.3 Å². The third-order valence-corrected chi connectivity index (χ3v) is 8.51. The van der Waals surface area contributed by atoms with E-state index in [1.807, 2.05) is 32.9 Å². The first-order valence-corrected chi connectivity index (χ1v) is 14.9. The maximum absolute atomic E-state index is 14.0. The second-order valence-corrected chi connectivity index (χ2v) is 11.8. The molecule has 2 amide bonds. The largest absolute Gasteiger partial charge is 0.497 e. The number of likely N-dealkylation sites (N-methyl/N-ethyl adjacent to an activating group) is 1. The van der Waals surface area contributed by atoms with Crippen molar-refractivity contribution < 1.29 is 22.7 Å². The molecule has 1 atom stereocenters. The van der Waals surface area contributed by atoms with Crippen molar-refractivity contribution in [2.24, 2.45) is 0 Å². The van der Waals surface area contributed by atoms with E-state index < -0.39 is 28.5 Å². The van der Waals surface area contributed by atoms with E-state index in [2.05, 4.69) is 21.2 Å². The Morgan fingerprint density at radius 2 is 1.67 bits per heavy atom. The summed E-state index contributed by atoms with van der Waals surface area (Å²) in [5.74, 6) is -0.130. The first-order chi connectivity index (χ1) is 18.6. The molecule has 0 aromatic heterocycles. The number of anilines is 1. The van der Waals surface area contributed by atoms with Crippen molar-refractivity contribution >= 4 is 43.5 Å². The molecule has 0 aliphatic carbocycles. The van der Waals surface area contributed by atoms with Crippen LogP contribution >= 0.6 is 15.9 Å². The lowest BCUT2D eigenvalue weighted by atomic mass is 10.1. The minimum Gasteiger partial charge on any atom is -0.497 e. The highest BCUT2D eigenvalue weighted by Crippen LogP contribution is 2.27. The lowest BCUT2D eigenvalue weighted by molar-refractivity contribution is -0.140. The number of methoxy groups -OCH3 is 1. The molecule has 3 aromatic rings. The highest BCUT2D eigenvalue weighted by atomic mass is 79.9. The predicted octanol–water partition coefficient (Wildman–Crippen LogP) is 4.90. The molecule has 10 heteroatoms. The summed E-state index contributed by atoms with van der Waals surface area (Å²) in [5, 5.41) is 2.80. The Balaban J connectivity index is 2.05. The molecule has 3 rings (SSSR count). The molecule has 1 N–H and O–H groups in total. The van der Waals surface area contributed by atoms with Crippen molar-refractivity contribution in [3.05, 3.63) is 88.4 Å². The van der Waals surface area contributed by atoms with E-state index in [4.69, 9.17) is 4.74 Å². The predicted molar refractivity (Wildman–Crippen MR) is 156 cm³/mol. The van der Waals surface area contributed by atoms with E-state index >= 15 is 0 Å². The third kappa shape index (κ3) is 7.60. The van der Waals surface area contributed by atoms with Crippen molar-refractivity contribution in [3.63, 3.8) is 0 Å². The second kappa shape index (κ2) is 13.6. The molecule has 0 saturated carbocycles. The van der Waals surface area contributed by atoms with E-state index in [0.717, 1.165) is 15.4 Å². The quantitative estimate of drug-likeness (QED) is 0.312. The zero-order chi connectivity index (χ0) is 28.6. The van der Waals surface area contributed by atoms with E-state index in [0.29, 0.717) is 28.9 Å². The lowest BCUT2D eigenvalue weighted by Crippen LogP contribution is -2.52. The van der Waals surface area contributed by atoms with Gasteiger partial charge in [0.15, 0.2) is 0 Å². The van der Waals surface area contributed by atoms with Crippen LogP contribution in [0.4, 0.5) is 5.69 Å². The van der Waals surface area contributed by atoms with Gasteiger partial charge in [-0.3, -0.25) is 13.9 Å². The van der Waals surface area contributed by atoms with Gasteiger partial charge in [-0.25, -0.2) is 8.42 Å². The topological polar surface area (TPSA) is 96.0 Å². The first kappa shape index (κ1) is 30.2. The molecule has 0 spiro atoms. The number of amides is 2. The summed E-state index contributed by atoms with van der Waals surface area (Å²) < 4.78 is 34.7. The standard InChI is InChI=1S/C29H34BrN3O5S/c1-5-27(29(35)31-6-2)32(19-22-12-14-25(38-4)15-13-22)28(34)20-33(24-9-7-8-23(30)18-24)39(36,37)26-16-10-21(3)11-17-26/h7-18,27H,5-6,19-20H2,1-4H3,(H,31,35). The van der Waals surface area contributed by atoms with E-state index in [9.17, 15) is 18.0 Å². The number of aryl methyl sites for hydroxylation is 1. The van der Waals surface area contributed by atoms with Gasteiger partial charge >= 0.3 is 0 Å². The van der Waals surface area contributed by atoms with Crippen molar-refractivity contribution in [2.75, 3.05) is 24.5 Å². The van der Waals surface area contributed by atoms with Crippen molar-refractivity contribution in [1.82, 2.24) is 10.2 Å². The highest BCUT2D eigenvalue weighted by Gasteiger charge is 2.33. The number of carbonyl (C=O) groups is 2. The minimum absolute atomic E-state index is 0.0679. The van der Waals surface area contributed by atoms with Crippen LogP contribution in [0.3, 0.4) is 0 Å². The van der Waals surface area contributed by atoms with Crippen molar-refractivity contribution in [2.45, 2.75) is 44.7 Å². The molecule has 39 heavy (non-hydrogen) atoms. The molecule has 208 valence electrons. The van der Waals surface area contributed by atoms with Crippen LogP contribution in [-0.4, -0.2) is 51.4 Å². The number of carbonyl (C=O) groups excluding carboxylic acids is 2. The monoisotopic (exact) mass is 615 g/mol. The molecular formula is C29H34BrN3O5S. The number of hydrogen-bond donors (Lipinski definition) is 1. The van der Waals surface area contributed by atoms with Crippen LogP contribution < -0.4 is 14.4 Å². The van der Waals surface area contributed by atoms with Crippen LogP contribution in [0.2, 0.25) is 0 Å². The summed E-state index contributed by atoms with van der Waals surface area (Å²) in [6.45, 7) is 5.54. The summed E-state index contributed by atoms with van der Waals surface area (Å²) in [4.78, 5) is 28.5. The van der Waals surface area contributed by atoms with E-state index in [1.165, 1.54) is 17.0 Å². The molecule has 1 unspecified atom stereocenters. The maximum atomic E-state index is 14.0. The summed E-state index contributed by atoms with van der Waals surface area (Å²) in [7, 11) is -2.55. The molecule has 0 heterocycles. The van der Waals surface area contributed by atoms with Crippen LogP contribution in [0.15, 0.2) is 82.2 Å². The fourth-order valence-corrected chi connectivity index (χ4v) is 5.93. The first-order valence-electron chi connectivity index (χ1n) is 12.7. The molecule has 0 saturated heterocycles. The van der Waals surface area contributed by atoms with Crippen LogP contribution in [0.5, 0.6) is 5.75 Å². The molecule has 8 nitrogen and oxygen atoms in total. The van der Waals surface area contributed by atoms with Crippen LogP contribution in [0, 0.1) is 6.92 Å². The fraction of sp³-hybridized carbons (Fsp3) is 0.310. The molecule has 0 bridgehead atoms. The molecule has 3 aromatic carbocycles. The van der Waals surface area contributed by atoms with Crippen LogP contribution in [0.25, 0.3) is 0 Å². The number of benzene rings is 3. The van der Waals surface area contributed by atoms with Crippen LogP contribution in [-0.2, 0) is 26.2 Å². The van der Waals surface area contributed by atoms with Gasteiger partial charge in [0.05, 0.1) is 17.7 Å². The number of sulfonamides is 1. The van der Waals surface area contributed by atoms with E-state index in [1.54, 1.807) is 55.6 Å². The Morgan fingerprint density at radius 1 is 1.00 bits per heavy atom. The highest BCUT2D eigenvalue weighted by molar-refractivity contribution is 9.10. The van der Waals surface area contributed by atoms with Gasteiger partial charge in [-0.05, 0) is 68.3 Å². The SMILES string of the molecule is CCNC(=O)C(CC)N(Cc1ccc(OC)cc1)C(=O)CN(c1cccc(Br)c1)S(=O)(=O)c1ccc(C)cc1. The van der Waals surface area contributed by atoms with Gasteiger partial charge in [-0.15, -0.1) is 0 Å². The molecule has 0 aliphatic heterocycles. The Kier molecular flexibility index (Phi) is 10.5. The fourth-order valence-electron chi connectivity index (χ4n) is 4.14. The molecule has 0 radical (unpaired) electrons. The summed E-state index contributed by atoms with van der Waals surface area (Å²) in [6, 6.07) is 19.7. The smallest absolute Gasteiger partial charge is 0.264 e. The molecular weight excluding hydrogens is 582 g/mol. The normalized spacial score (nSPS) is 11.9. The average Bonchev–Trinajstić information content (AvgIpc) is 2.92. The number of nitrogens with one attached hydrogen (secondary N) is 1. The zero-order valence-corrected chi connectivity index (χ0v) is 25.0. The average molecular weight is 617 g/mol. The number of halogens is 1. The molecule has 0 fully saturated rings. The van der Waals surface area contributed by atoms with Gasteiger partial charge in [0.1, 0.15) is 18.3 Å². The van der Waals surface area contributed by atoms with Gasteiger partial charge in [0.25, 0.3) is 10.0 Å². The number of rotatable bonds is 12. The number of nitrogens with zero attached hydrogens (tertiary/aromatic N) is 2. The Bertz CT molecular complexity index is 1380. The van der Waals surface area contributed by atoms with Gasteiger partial charge in [-0.2, -0.15) is 0 Å². The Hall–Kier alpha value is -3.37. The minimum atomic E-state index is -4.11. The Morgan fingerprint density at radius 3 is 2.23 bits per heavy atom. The summed E-state index contributed by atoms with van der Waals surface area (Å²) in [5.41, 5.74) is 2.02. The van der Waals surface area contributed by atoms with Crippen LogP contribution in [0.1, 0.15) is 31.4 Å². The maximum Gasteiger partial charge on any atom is 0.264 e. The lowest BCUT2D eigenvalue weighted by Gasteiger charge is -2.33. The second-order valence-electron chi connectivity index (χ2n) is 8.99. The molecule has 0 aliphatic rings. The van der Waals surface area contributed by atoms with Crippen molar-refractivity contribution in [3.8, 4) is 5.75 Å².